The summed E-state index contributed by atoms with van der Waals surface area (Å²) in [6, 6.07) is 9.15. The first-order chi connectivity index (χ1) is 10.3. The fourth-order valence-corrected chi connectivity index (χ4v) is 2.12. The largest absolute Gasteiger partial charge is 0.490 e. The molecular weight excluding hydrogens is 266 g/mol. The summed E-state index contributed by atoms with van der Waals surface area (Å²) in [4.78, 5) is 16.0. The molecule has 0 aliphatic carbocycles. The molecule has 2 heterocycles. The van der Waals surface area contributed by atoms with Crippen molar-refractivity contribution in [3.05, 3.63) is 59.9 Å². The summed E-state index contributed by atoms with van der Waals surface area (Å²) in [5.41, 5.74) is 1.40. The van der Waals surface area contributed by atoms with Gasteiger partial charge in [-0.2, -0.15) is 0 Å². The Morgan fingerprint density at radius 3 is 2.90 bits per heavy atom. The average Bonchev–Trinajstić information content (AvgIpc) is 2.79. The minimum atomic E-state index is -0.0877. The Bertz CT molecular complexity index is 665. The molecule has 1 aromatic heterocycles. The number of aromatic nitrogens is 1. The highest BCUT2D eigenvalue weighted by Crippen LogP contribution is 2.33. The van der Waals surface area contributed by atoms with Crippen molar-refractivity contribution in [3.8, 4) is 11.5 Å². The molecule has 0 fully saturated rings. The molecule has 0 saturated heterocycles. The number of ketones is 1. The zero-order valence-electron chi connectivity index (χ0n) is 11.5. The van der Waals surface area contributed by atoms with Crippen molar-refractivity contribution < 1.29 is 14.3 Å². The van der Waals surface area contributed by atoms with Crippen molar-refractivity contribution in [2.45, 2.75) is 6.42 Å². The second-order valence-electron chi connectivity index (χ2n) is 4.66. The average molecular weight is 281 g/mol. The van der Waals surface area contributed by atoms with Crippen molar-refractivity contribution in [3.63, 3.8) is 0 Å². The number of hydrogen-bond donors (Lipinski definition) is 0. The highest BCUT2D eigenvalue weighted by molar-refractivity contribution is 6.06. The Morgan fingerprint density at radius 2 is 2.05 bits per heavy atom. The minimum absolute atomic E-state index is 0.0877. The maximum absolute atomic E-state index is 12.1. The molecule has 21 heavy (non-hydrogen) atoms. The zero-order valence-corrected chi connectivity index (χ0v) is 11.5. The molecule has 3 rings (SSSR count). The van der Waals surface area contributed by atoms with Gasteiger partial charge in [0, 0.05) is 29.9 Å². The van der Waals surface area contributed by atoms with Gasteiger partial charge >= 0.3 is 0 Å². The van der Waals surface area contributed by atoms with Crippen LogP contribution < -0.4 is 9.47 Å². The van der Waals surface area contributed by atoms with Gasteiger partial charge < -0.3 is 9.47 Å². The molecule has 106 valence electrons. The van der Waals surface area contributed by atoms with Crippen molar-refractivity contribution in [2.75, 3.05) is 13.2 Å². The second-order valence-corrected chi connectivity index (χ2v) is 4.66. The van der Waals surface area contributed by atoms with Crippen LogP contribution in [0.5, 0.6) is 11.5 Å². The van der Waals surface area contributed by atoms with Crippen LogP contribution in [0.1, 0.15) is 22.3 Å². The number of pyridine rings is 1. The van der Waals surface area contributed by atoms with Gasteiger partial charge in [0.1, 0.15) is 0 Å². The van der Waals surface area contributed by atoms with Crippen LogP contribution >= 0.6 is 0 Å². The zero-order chi connectivity index (χ0) is 14.5. The number of hydrogen-bond acceptors (Lipinski definition) is 4. The van der Waals surface area contributed by atoms with E-state index in [9.17, 15) is 4.79 Å². The smallest absolute Gasteiger partial charge is 0.187 e. The van der Waals surface area contributed by atoms with Gasteiger partial charge in [0.25, 0.3) is 0 Å². The maximum atomic E-state index is 12.1. The second kappa shape index (κ2) is 6.22. The summed E-state index contributed by atoms with van der Waals surface area (Å²) in [6.45, 7) is 1.27. The van der Waals surface area contributed by atoms with Crippen LogP contribution in [0, 0.1) is 0 Å². The monoisotopic (exact) mass is 281 g/mol. The summed E-state index contributed by atoms with van der Waals surface area (Å²) in [5, 5.41) is 0. The third-order valence-electron chi connectivity index (χ3n) is 3.16. The molecular formula is C17H15NO3. The number of carbonyl (C=O) groups is 1. The van der Waals surface area contributed by atoms with Gasteiger partial charge in [-0.05, 0) is 30.4 Å². The van der Waals surface area contributed by atoms with Gasteiger partial charge in [-0.25, -0.2) is 0 Å². The maximum Gasteiger partial charge on any atom is 0.187 e. The van der Waals surface area contributed by atoms with Crippen molar-refractivity contribution in [2.24, 2.45) is 0 Å². The number of para-hydroxylation sites is 1. The van der Waals surface area contributed by atoms with Crippen molar-refractivity contribution in [1.29, 1.82) is 0 Å². The van der Waals surface area contributed by atoms with Gasteiger partial charge in [-0.3, -0.25) is 9.78 Å². The quantitative estimate of drug-likeness (QED) is 0.640. The molecule has 0 unspecified atom stereocenters. The van der Waals surface area contributed by atoms with E-state index in [1.807, 2.05) is 18.2 Å². The Labute approximate surface area is 123 Å². The van der Waals surface area contributed by atoms with E-state index in [0.717, 1.165) is 17.7 Å². The number of rotatable bonds is 3. The van der Waals surface area contributed by atoms with Crippen LogP contribution in [-0.2, 0) is 0 Å². The van der Waals surface area contributed by atoms with Crippen LogP contribution in [0.25, 0.3) is 6.08 Å². The van der Waals surface area contributed by atoms with Crippen LogP contribution in [0.3, 0.4) is 0 Å². The van der Waals surface area contributed by atoms with Crippen molar-refractivity contribution in [1.82, 2.24) is 4.98 Å². The molecule has 0 atom stereocenters. The van der Waals surface area contributed by atoms with E-state index in [2.05, 4.69) is 4.98 Å². The molecule has 1 aromatic carbocycles. The summed E-state index contributed by atoms with van der Waals surface area (Å²) in [7, 11) is 0. The molecule has 0 amide bonds. The van der Waals surface area contributed by atoms with Gasteiger partial charge in [-0.1, -0.05) is 12.1 Å². The Hall–Kier alpha value is -2.62. The third-order valence-corrected chi connectivity index (χ3v) is 3.16. The first-order valence-electron chi connectivity index (χ1n) is 6.85. The van der Waals surface area contributed by atoms with E-state index in [1.54, 1.807) is 30.6 Å². The molecule has 0 bridgehead atoms. The molecule has 0 spiro atoms. The molecule has 1 aliphatic rings. The van der Waals surface area contributed by atoms with E-state index >= 15 is 0 Å². The minimum Gasteiger partial charge on any atom is -0.490 e. The molecule has 0 radical (unpaired) electrons. The van der Waals surface area contributed by atoms with Crippen LogP contribution in [0.4, 0.5) is 0 Å². The molecule has 0 saturated carbocycles. The SMILES string of the molecule is O=C(C=Cc1cccc2c1OCCCO2)c1cccnc1. The summed E-state index contributed by atoms with van der Waals surface area (Å²) < 4.78 is 11.3. The normalized spacial score (nSPS) is 13.9. The molecule has 4 nitrogen and oxygen atoms in total. The predicted molar refractivity (Wildman–Crippen MR) is 79.7 cm³/mol. The van der Waals surface area contributed by atoms with E-state index in [4.69, 9.17) is 9.47 Å². The molecule has 2 aromatic rings. The van der Waals surface area contributed by atoms with Crippen molar-refractivity contribution >= 4 is 11.9 Å². The molecule has 1 aliphatic heterocycles. The van der Waals surface area contributed by atoms with E-state index < -0.39 is 0 Å². The lowest BCUT2D eigenvalue weighted by atomic mass is 10.1. The summed E-state index contributed by atoms with van der Waals surface area (Å²) >= 11 is 0. The van der Waals surface area contributed by atoms with Gasteiger partial charge in [0.05, 0.1) is 13.2 Å². The fraction of sp³-hybridized carbons (Fsp3) is 0.176. The topological polar surface area (TPSA) is 48.4 Å². The Balaban J connectivity index is 1.85. The number of benzene rings is 1. The highest BCUT2D eigenvalue weighted by Gasteiger charge is 2.13. The number of allylic oxidation sites excluding steroid dienone is 1. The summed E-state index contributed by atoms with van der Waals surface area (Å²) in [6.07, 6.45) is 7.33. The lowest BCUT2D eigenvalue weighted by molar-refractivity contribution is 0.104. The number of nitrogens with zero attached hydrogens (tertiary/aromatic N) is 1. The van der Waals surface area contributed by atoms with Gasteiger partial charge in [-0.15, -0.1) is 0 Å². The lowest BCUT2D eigenvalue weighted by Crippen LogP contribution is -1.98. The van der Waals surface area contributed by atoms with Gasteiger partial charge in [0.15, 0.2) is 17.3 Å². The van der Waals surface area contributed by atoms with E-state index in [1.165, 1.54) is 6.08 Å². The highest BCUT2D eigenvalue weighted by atomic mass is 16.5. The Morgan fingerprint density at radius 1 is 1.14 bits per heavy atom. The first-order valence-corrected chi connectivity index (χ1v) is 6.85. The standard InChI is InChI=1S/C17H15NO3/c19-15(14-5-2-9-18-12-14)8-7-13-4-1-6-16-17(13)21-11-3-10-20-16/h1-2,4-9,12H,3,10-11H2. The first kappa shape index (κ1) is 13.4. The lowest BCUT2D eigenvalue weighted by Gasteiger charge is -2.09. The number of fused-ring (bicyclic) bond motifs is 1. The van der Waals surface area contributed by atoms with Crippen LogP contribution in [0.2, 0.25) is 0 Å². The summed E-state index contributed by atoms with van der Waals surface area (Å²) in [5.74, 6) is 1.34. The van der Waals surface area contributed by atoms with Gasteiger partial charge in [0.2, 0.25) is 0 Å². The number of ether oxygens (including phenoxy) is 2. The third kappa shape index (κ3) is 3.11. The molecule has 0 N–H and O–H groups in total. The van der Waals surface area contributed by atoms with E-state index in [-0.39, 0.29) is 5.78 Å². The number of carbonyl (C=O) groups excluding carboxylic acids is 1. The fourth-order valence-electron chi connectivity index (χ4n) is 2.12. The Kier molecular flexibility index (Phi) is 3.96. The van der Waals surface area contributed by atoms with Crippen LogP contribution in [-0.4, -0.2) is 24.0 Å². The predicted octanol–water partition coefficient (Wildman–Crippen LogP) is 3.14. The molecule has 4 heteroatoms. The van der Waals surface area contributed by atoms with Crippen LogP contribution in [0.15, 0.2) is 48.8 Å². The van der Waals surface area contributed by atoms with E-state index in [0.29, 0.717) is 24.5 Å².